The van der Waals surface area contributed by atoms with Crippen molar-refractivity contribution in [1.82, 2.24) is 0 Å². The first-order valence-electron chi connectivity index (χ1n) is 6.41. The summed E-state index contributed by atoms with van der Waals surface area (Å²) in [5.74, 6) is 0.571. The molecule has 0 aliphatic rings. The predicted molar refractivity (Wildman–Crippen MR) is 76.3 cm³/mol. The lowest BCUT2D eigenvalue weighted by Gasteiger charge is -2.10. The molecule has 0 fully saturated rings. The average molecular weight is 275 g/mol. The summed E-state index contributed by atoms with van der Waals surface area (Å²) in [5.41, 5.74) is 7.58. The van der Waals surface area contributed by atoms with E-state index in [9.17, 15) is 4.39 Å². The lowest BCUT2D eigenvalue weighted by molar-refractivity contribution is 0.304. The van der Waals surface area contributed by atoms with Gasteiger partial charge in [0.1, 0.15) is 12.4 Å². The van der Waals surface area contributed by atoms with Gasteiger partial charge in [0.2, 0.25) is 0 Å². The van der Waals surface area contributed by atoms with Gasteiger partial charge in [-0.2, -0.15) is 0 Å². The Labute approximate surface area is 118 Å². The van der Waals surface area contributed by atoms with Crippen LogP contribution in [0.15, 0.2) is 42.5 Å². The molecule has 2 aromatic carbocycles. The number of rotatable bonds is 5. The van der Waals surface area contributed by atoms with Crippen molar-refractivity contribution in [3.05, 3.63) is 59.4 Å². The number of benzene rings is 2. The molecule has 0 amide bonds. The highest BCUT2D eigenvalue weighted by molar-refractivity contribution is 5.31. The minimum Gasteiger partial charge on any atom is -0.494 e. The quantitative estimate of drug-likeness (QED) is 0.909. The molecule has 0 spiro atoms. The third-order valence-corrected chi connectivity index (χ3v) is 3.03. The van der Waals surface area contributed by atoms with Crippen molar-refractivity contribution in [1.29, 1.82) is 0 Å². The van der Waals surface area contributed by atoms with E-state index in [-0.39, 0.29) is 17.6 Å². The number of halogens is 1. The topological polar surface area (TPSA) is 44.5 Å². The molecule has 4 heteroatoms. The second-order valence-electron chi connectivity index (χ2n) is 4.62. The zero-order chi connectivity index (χ0) is 14.5. The van der Waals surface area contributed by atoms with Crippen LogP contribution in [0.2, 0.25) is 0 Å². The van der Waals surface area contributed by atoms with Crippen molar-refractivity contribution < 1.29 is 13.9 Å². The van der Waals surface area contributed by atoms with E-state index < -0.39 is 0 Å². The molecule has 0 radical (unpaired) electrons. The van der Waals surface area contributed by atoms with Crippen LogP contribution < -0.4 is 15.2 Å². The first kappa shape index (κ1) is 14.3. The highest BCUT2D eigenvalue weighted by Crippen LogP contribution is 2.20. The van der Waals surface area contributed by atoms with E-state index in [4.69, 9.17) is 15.2 Å². The van der Waals surface area contributed by atoms with Crippen LogP contribution in [0, 0.1) is 5.82 Å². The molecular weight excluding hydrogens is 257 g/mol. The molecule has 0 bridgehead atoms. The molecule has 20 heavy (non-hydrogen) atoms. The summed E-state index contributed by atoms with van der Waals surface area (Å²) in [4.78, 5) is 0. The molecule has 1 atom stereocenters. The summed E-state index contributed by atoms with van der Waals surface area (Å²) in [6, 6.07) is 12.3. The summed E-state index contributed by atoms with van der Waals surface area (Å²) in [6.07, 6.45) is 0. The molecule has 2 rings (SSSR count). The van der Waals surface area contributed by atoms with Gasteiger partial charge >= 0.3 is 0 Å². The first-order chi connectivity index (χ1) is 9.60. The monoisotopic (exact) mass is 275 g/mol. The summed E-state index contributed by atoms with van der Waals surface area (Å²) in [7, 11) is 1.44. The van der Waals surface area contributed by atoms with Gasteiger partial charge in [0.15, 0.2) is 11.6 Å². The second-order valence-corrected chi connectivity index (χ2v) is 4.62. The Morgan fingerprint density at radius 2 is 1.85 bits per heavy atom. The third-order valence-electron chi connectivity index (χ3n) is 3.03. The van der Waals surface area contributed by atoms with E-state index in [1.54, 1.807) is 12.1 Å². The number of methoxy groups -OCH3 is 1. The molecule has 0 saturated heterocycles. The maximum absolute atomic E-state index is 13.5. The van der Waals surface area contributed by atoms with Crippen LogP contribution in [-0.2, 0) is 6.61 Å². The largest absolute Gasteiger partial charge is 0.494 e. The third kappa shape index (κ3) is 3.48. The second kappa shape index (κ2) is 6.39. The van der Waals surface area contributed by atoms with Gasteiger partial charge in [-0.05, 0) is 42.3 Å². The predicted octanol–water partition coefficient (Wildman–Crippen LogP) is 3.43. The first-order valence-corrected chi connectivity index (χ1v) is 6.41. The molecular formula is C16H18FNO2. The van der Waals surface area contributed by atoms with E-state index in [1.807, 2.05) is 31.2 Å². The van der Waals surface area contributed by atoms with E-state index in [1.165, 1.54) is 13.2 Å². The maximum Gasteiger partial charge on any atom is 0.165 e. The Bertz CT molecular complexity index is 567. The van der Waals surface area contributed by atoms with Crippen molar-refractivity contribution in [3.63, 3.8) is 0 Å². The van der Waals surface area contributed by atoms with E-state index in [2.05, 4.69) is 0 Å². The number of ether oxygens (including phenoxy) is 2. The Morgan fingerprint density at radius 1 is 1.15 bits per heavy atom. The van der Waals surface area contributed by atoms with Crippen LogP contribution in [-0.4, -0.2) is 7.11 Å². The number of hydrogen-bond acceptors (Lipinski definition) is 3. The highest BCUT2D eigenvalue weighted by Gasteiger charge is 2.04. The zero-order valence-electron chi connectivity index (χ0n) is 11.6. The van der Waals surface area contributed by atoms with Gasteiger partial charge in [0.25, 0.3) is 0 Å². The Balaban J connectivity index is 1.99. The summed E-state index contributed by atoms with van der Waals surface area (Å²) < 4.78 is 24.0. The molecule has 0 aromatic heterocycles. The standard InChI is InChI=1S/C16H18FNO2/c1-11(18)13-4-6-14(7-5-13)20-10-12-3-8-16(19-2)15(17)9-12/h3-9,11H,10,18H2,1-2H3/t11-/m0/s1. The summed E-state index contributed by atoms with van der Waals surface area (Å²) in [6.45, 7) is 2.23. The van der Waals surface area contributed by atoms with Crippen molar-refractivity contribution in [2.45, 2.75) is 19.6 Å². The molecule has 0 heterocycles. The molecule has 2 N–H and O–H groups in total. The van der Waals surface area contributed by atoms with Crippen molar-refractivity contribution in [3.8, 4) is 11.5 Å². The smallest absolute Gasteiger partial charge is 0.165 e. The van der Waals surface area contributed by atoms with Gasteiger partial charge in [0.05, 0.1) is 7.11 Å². The van der Waals surface area contributed by atoms with Crippen LogP contribution in [0.25, 0.3) is 0 Å². The molecule has 0 unspecified atom stereocenters. The fourth-order valence-electron chi connectivity index (χ4n) is 1.83. The van der Waals surface area contributed by atoms with Gasteiger partial charge in [-0.25, -0.2) is 4.39 Å². The van der Waals surface area contributed by atoms with Crippen LogP contribution in [0.3, 0.4) is 0 Å². The van der Waals surface area contributed by atoms with E-state index in [0.29, 0.717) is 6.61 Å². The van der Waals surface area contributed by atoms with Crippen LogP contribution in [0.1, 0.15) is 24.1 Å². The molecule has 3 nitrogen and oxygen atoms in total. The van der Waals surface area contributed by atoms with Crippen molar-refractivity contribution >= 4 is 0 Å². The van der Waals surface area contributed by atoms with Gasteiger partial charge < -0.3 is 15.2 Å². The fraction of sp³-hybridized carbons (Fsp3) is 0.250. The van der Waals surface area contributed by atoms with Crippen LogP contribution in [0.5, 0.6) is 11.5 Å². The Morgan fingerprint density at radius 3 is 2.40 bits per heavy atom. The minimum absolute atomic E-state index is 0.000246. The lowest BCUT2D eigenvalue weighted by Crippen LogP contribution is -2.04. The molecule has 106 valence electrons. The maximum atomic E-state index is 13.5. The Hall–Kier alpha value is -2.07. The normalized spacial score (nSPS) is 12.0. The van der Waals surface area contributed by atoms with Gasteiger partial charge in [0, 0.05) is 6.04 Å². The minimum atomic E-state index is -0.388. The summed E-state index contributed by atoms with van der Waals surface area (Å²) >= 11 is 0. The fourth-order valence-corrected chi connectivity index (χ4v) is 1.83. The average Bonchev–Trinajstić information content (AvgIpc) is 2.45. The Kier molecular flexibility index (Phi) is 4.58. The van der Waals surface area contributed by atoms with Crippen LogP contribution >= 0.6 is 0 Å². The van der Waals surface area contributed by atoms with Crippen LogP contribution in [0.4, 0.5) is 4.39 Å². The van der Waals surface area contributed by atoms with Gasteiger partial charge in [-0.15, -0.1) is 0 Å². The highest BCUT2D eigenvalue weighted by atomic mass is 19.1. The van der Waals surface area contributed by atoms with Gasteiger partial charge in [-0.3, -0.25) is 0 Å². The zero-order valence-corrected chi connectivity index (χ0v) is 11.6. The van der Waals surface area contributed by atoms with E-state index >= 15 is 0 Å². The molecule has 0 saturated carbocycles. The summed E-state index contributed by atoms with van der Waals surface area (Å²) in [5, 5.41) is 0. The van der Waals surface area contributed by atoms with Gasteiger partial charge in [-0.1, -0.05) is 18.2 Å². The molecule has 2 aromatic rings. The van der Waals surface area contributed by atoms with Crippen molar-refractivity contribution in [2.24, 2.45) is 5.73 Å². The lowest BCUT2D eigenvalue weighted by atomic mass is 10.1. The molecule has 0 aliphatic carbocycles. The van der Waals surface area contributed by atoms with Crippen molar-refractivity contribution in [2.75, 3.05) is 7.11 Å². The van der Waals surface area contributed by atoms with E-state index in [0.717, 1.165) is 16.9 Å². The number of hydrogen-bond donors (Lipinski definition) is 1. The molecule has 0 aliphatic heterocycles. The number of nitrogens with two attached hydrogens (primary N) is 1. The SMILES string of the molecule is COc1ccc(COc2ccc([C@H](C)N)cc2)cc1F.